The molecule has 3 aliphatic heterocycles. The van der Waals surface area contributed by atoms with Gasteiger partial charge in [0.15, 0.2) is 0 Å². The summed E-state index contributed by atoms with van der Waals surface area (Å²) >= 11 is 0. The largest absolute Gasteiger partial charge is 0.370 e. The number of carbonyl (C=O) groups is 3. The van der Waals surface area contributed by atoms with Gasteiger partial charge in [-0.2, -0.15) is 5.26 Å². The van der Waals surface area contributed by atoms with Crippen LogP contribution >= 0.6 is 0 Å². The van der Waals surface area contributed by atoms with Gasteiger partial charge in [0, 0.05) is 44.0 Å². The fourth-order valence-electron chi connectivity index (χ4n) is 8.31. The molecule has 2 saturated heterocycles. The van der Waals surface area contributed by atoms with Crippen molar-refractivity contribution < 1.29 is 14.4 Å². The highest BCUT2D eigenvalue weighted by atomic mass is 16.2. The zero-order valence-electron chi connectivity index (χ0n) is 29.1. The quantitative estimate of drug-likeness (QED) is 0.208. The Balaban J connectivity index is 1.10. The predicted octanol–water partition coefficient (Wildman–Crippen LogP) is 6.57. The number of nitriles is 1. The summed E-state index contributed by atoms with van der Waals surface area (Å²) in [5.74, 6) is -0.0691. The van der Waals surface area contributed by atoms with Gasteiger partial charge in [0.05, 0.1) is 35.0 Å². The molecule has 0 N–H and O–H groups in total. The Bertz CT molecular complexity index is 1960. The van der Waals surface area contributed by atoms with Crippen molar-refractivity contribution in [3.8, 4) is 6.07 Å². The zero-order valence-corrected chi connectivity index (χ0v) is 29.1. The van der Waals surface area contributed by atoms with Crippen LogP contribution in [0.15, 0.2) is 84.9 Å². The van der Waals surface area contributed by atoms with E-state index in [-0.39, 0.29) is 30.3 Å². The van der Waals surface area contributed by atoms with E-state index in [9.17, 15) is 19.6 Å². The molecule has 2 fully saturated rings. The van der Waals surface area contributed by atoms with Crippen LogP contribution in [0.5, 0.6) is 0 Å². The third-order valence-corrected chi connectivity index (χ3v) is 10.9. The van der Waals surface area contributed by atoms with Crippen LogP contribution in [0, 0.1) is 38.0 Å². The van der Waals surface area contributed by atoms with Crippen LogP contribution in [-0.4, -0.2) is 72.8 Å². The fraction of sp³-hybridized carbons (Fsp3) is 0.333. The fourth-order valence-corrected chi connectivity index (χ4v) is 8.31. The van der Waals surface area contributed by atoms with Crippen LogP contribution in [-0.2, 0) is 6.42 Å². The lowest BCUT2D eigenvalue weighted by molar-refractivity contribution is 0.0611. The summed E-state index contributed by atoms with van der Waals surface area (Å²) in [5, 5.41) is 9.60. The van der Waals surface area contributed by atoms with Gasteiger partial charge in [0.25, 0.3) is 17.7 Å². The van der Waals surface area contributed by atoms with Gasteiger partial charge < -0.3 is 14.7 Å². The Labute approximate surface area is 294 Å². The summed E-state index contributed by atoms with van der Waals surface area (Å²) in [4.78, 5) is 49.1. The van der Waals surface area contributed by atoms with Gasteiger partial charge in [0.1, 0.15) is 6.07 Å². The summed E-state index contributed by atoms with van der Waals surface area (Å²) in [6.45, 7) is 9.80. The van der Waals surface area contributed by atoms with Gasteiger partial charge in [-0.15, -0.1) is 0 Å². The van der Waals surface area contributed by atoms with E-state index in [0.29, 0.717) is 36.7 Å². The first-order chi connectivity index (χ1) is 24.2. The second-order valence-electron chi connectivity index (χ2n) is 14.0. The van der Waals surface area contributed by atoms with Gasteiger partial charge in [0.2, 0.25) is 0 Å². The highest BCUT2D eigenvalue weighted by Gasteiger charge is 2.40. The number of nitrogens with zero attached hydrogens (tertiary/aromatic N) is 5. The molecule has 1 atom stereocenters. The van der Waals surface area contributed by atoms with Gasteiger partial charge >= 0.3 is 0 Å². The van der Waals surface area contributed by atoms with Crippen molar-refractivity contribution in [3.63, 3.8) is 0 Å². The summed E-state index contributed by atoms with van der Waals surface area (Å²) in [7, 11) is 0. The number of para-hydroxylation sites is 2. The summed E-state index contributed by atoms with van der Waals surface area (Å²) in [6.07, 6.45) is 2.96. The first-order valence-corrected chi connectivity index (χ1v) is 17.6. The first-order valence-electron chi connectivity index (χ1n) is 17.6. The molecule has 0 aromatic heterocycles. The molecule has 4 aromatic rings. The summed E-state index contributed by atoms with van der Waals surface area (Å²) in [6, 6.07) is 29.1. The van der Waals surface area contributed by atoms with Crippen molar-refractivity contribution in [3.05, 3.63) is 129 Å². The Hall–Kier alpha value is -5.42. The number of piperazine rings is 1. The normalized spacial score (nSPS) is 18.0. The Morgan fingerprint density at radius 1 is 0.800 bits per heavy atom. The van der Waals surface area contributed by atoms with Crippen LogP contribution in [0.1, 0.15) is 71.7 Å². The zero-order chi connectivity index (χ0) is 34.9. The van der Waals surface area contributed by atoms with Crippen molar-refractivity contribution in [2.75, 3.05) is 49.1 Å². The van der Waals surface area contributed by atoms with Crippen molar-refractivity contribution in [1.82, 2.24) is 9.80 Å². The van der Waals surface area contributed by atoms with E-state index in [1.165, 1.54) is 16.0 Å². The Morgan fingerprint density at radius 2 is 1.44 bits per heavy atom. The number of hydrogen-bond acceptors (Lipinski definition) is 6. The van der Waals surface area contributed by atoms with E-state index in [4.69, 9.17) is 0 Å². The lowest BCUT2D eigenvalue weighted by Gasteiger charge is -2.44. The molecule has 0 unspecified atom stereocenters. The van der Waals surface area contributed by atoms with Crippen molar-refractivity contribution in [2.45, 2.75) is 46.1 Å². The number of anilines is 2. The van der Waals surface area contributed by atoms with Crippen LogP contribution < -0.4 is 9.80 Å². The highest BCUT2D eigenvalue weighted by molar-refractivity contribution is 6.21. The van der Waals surface area contributed by atoms with E-state index in [0.717, 1.165) is 66.0 Å². The maximum absolute atomic E-state index is 14.5. The van der Waals surface area contributed by atoms with Crippen molar-refractivity contribution in [1.29, 1.82) is 5.26 Å². The minimum Gasteiger partial charge on any atom is -0.370 e. The second-order valence-corrected chi connectivity index (χ2v) is 14.0. The van der Waals surface area contributed by atoms with Gasteiger partial charge in [-0.3, -0.25) is 19.3 Å². The molecule has 0 bridgehead atoms. The molecule has 0 aliphatic carbocycles. The first kappa shape index (κ1) is 33.1. The molecule has 0 spiro atoms. The van der Waals surface area contributed by atoms with E-state index in [1.807, 2.05) is 66.4 Å². The highest BCUT2D eigenvalue weighted by Crippen LogP contribution is 2.33. The number of hydrogen-bond donors (Lipinski definition) is 0. The van der Waals surface area contributed by atoms with Gasteiger partial charge in [-0.1, -0.05) is 48.5 Å². The average Bonchev–Trinajstić information content (AvgIpc) is 3.38. The summed E-state index contributed by atoms with van der Waals surface area (Å²) < 4.78 is 0. The molecule has 0 radical (unpaired) electrons. The number of piperidine rings is 1. The lowest BCUT2D eigenvalue weighted by Crippen LogP contribution is -2.59. The van der Waals surface area contributed by atoms with Gasteiger partial charge in [-0.25, -0.2) is 0 Å². The third-order valence-electron chi connectivity index (χ3n) is 10.9. The van der Waals surface area contributed by atoms with Crippen LogP contribution in [0.3, 0.4) is 0 Å². The number of aryl methyl sites for hydroxylation is 2. The van der Waals surface area contributed by atoms with Crippen LogP contribution in [0.4, 0.5) is 11.4 Å². The monoisotopic (exact) mass is 665 g/mol. The molecule has 3 aliphatic rings. The molecule has 3 amide bonds. The predicted molar refractivity (Wildman–Crippen MR) is 196 cm³/mol. The molecule has 4 aromatic carbocycles. The molecular formula is C42H43N5O3. The minimum atomic E-state index is -0.281. The number of rotatable bonds is 7. The van der Waals surface area contributed by atoms with Gasteiger partial charge in [-0.05, 0) is 105 Å². The molecule has 3 heterocycles. The Kier molecular flexibility index (Phi) is 9.16. The molecule has 8 heteroatoms. The smallest absolute Gasteiger partial charge is 0.261 e. The molecule has 8 nitrogen and oxygen atoms in total. The maximum atomic E-state index is 14.5. The number of benzene rings is 4. The topological polar surface area (TPSA) is 88.0 Å². The maximum Gasteiger partial charge on any atom is 0.261 e. The van der Waals surface area contributed by atoms with E-state index < -0.39 is 0 Å². The molecule has 50 heavy (non-hydrogen) atoms. The van der Waals surface area contributed by atoms with E-state index in [1.54, 1.807) is 24.3 Å². The number of carbonyl (C=O) groups excluding carboxylic acids is 3. The van der Waals surface area contributed by atoms with E-state index >= 15 is 0 Å². The standard InChI is InChI=1S/C42H43N5O3/c1-28-23-29(2)39(30(3)37(28)24-31-17-19-44(20-18-31)38-16-10-7-11-32(38)25-43)42(50)45-21-22-46(33-12-5-4-6-13-33)34(26-45)27-47-40(48)35-14-8-9-15-36(35)41(47)49/h4-16,23,31,34H,17-22,24,26-27H2,1-3H3/t34-/m0/s1. The number of amides is 3. The van der Waals surface area contributed by atoms with Crippen molar-refractivity contribution in [2.24, 2.45) is 5.92 Å². The Morgan fingerprint density at radius 3 is 2.12 bits per heavy atom. The van der Waals surface area contributed by atoms with E-state index in [2.05, 4.69) is 35.8 Å². The molecule has 7 rings (SSSR count). The van der Waals surface area contributed by atoms with Crippen LogP contribution in [0.2, 0.25) is 0 Å². The average molecular weight is 666 g/mol. The SMILES string of the molecule is Cc1cc(C)c(C(=O)N2CCN(c3ccccc3)[C@H](CN3C(=O)c4ccccc4C3=O)C2)c(C)c1CC1CCN(c2ccccc2C#N)CC1. The third kappa shape index (κ3) is 6.13. The molecule has 254 valence electrons. The van der Waals surface area contributed by atoms with Crippen molar-refractivity contribution >= 4 is 29.1 Å². The minimum absolute atomic E-state index is 0.00394. The molecular weight excluding hydrogens is 622 g/mol. The second kappa shape index (κ2) is 13.8. The molecule has 0 saturated carbocycles. The lowest BCUT2D eigenvalue weighted by atomic mass is 9.83. The summed E-state index contributed by atoms with van der Waals surface area (Å²) in [5.41, 5.74) is 8.85. The number of fused-ring (bicyclic) bond motifs is 1. The van der Waals surface area contributed by atoms with Crippen LogP contribution in [0.25, 0.3) is 0 Å². The number of imide groups is 1.